The highest BCUT2D eigenvalue weighted by atomic mass is 35.5. The number of fused-ring (bicyclic) bond motifs is 1. The minimum absolute atomic E-state index is 0.0379. The number of nitrogens with zero attached hydrogens (tertiary/aromatic N) is 2. The van der Waals surface area contributed by atoms with Crippen molar-refractivity contribution in [3.8, 4) is 17.2 Å². The molecule has 1 atom stereocenters. The van der Waals surface area contributed by atoms with Gasteiger partial charge in [0.1, 0.15) is 5.75 Å². The second kappa shape index (κ2) is 9.93. The van der Waals surface area contributed by atoms with Crippen LogP contribution in [0.1, 0.15) is 6.92 Å². The summed E-state index contributed by atoms with van der Waals surface area (Å²) in [5, 5.41) is 6.65. The molecule has 1 amide bonds. The minimum Gasteiger partial charge on any atom is -0.479 e. The molecule has 2 aromatic carbocycles. The second-order valence-electron chi connectivity index (χ2n) is 6.82. The number of hydrogen-bond acceptors (Lipinski definition) is 6. The molecule has 0 fully saturated rings. The van der Waals surface area contributed by atoms with E-state index < -0.39 is 12.0 Å². The molecule has 0 saturated heterocycles. The average molecular weight is 522 g/mol. The average Bonchev–Trinajstić information content (AvgIpc) is 3.21. The summed E-state index contributed by atoms with van der Waals surface area (Å²) in [6.45, 7) is 1.57. The van der Waals surface area contributed by atoms with Crippen LogP contribution >= 0.6 is 47.0 Å². The number of ether oxygens (including phenoxy) is 1. The van der Waals surface area contributed by atoms with Gasteiger partial charge in [0.2, 0.25) is 5.89 Å². The predicted molar refractivity (Wildman–Crippen MR) is 133 cm³/mol. The first-order chi connectivity index (χ1) is 15.8. The van der Waals surface area contributed by atoms with Gasteiger partial charge in [0, 0.05) is 16.8 Å². The molecule has 2 N–H and O–H groups in total. The van der Waals surface area contributed by atoms with Crippen molar-refractivity contribution in [2.75, 3.05) is 5.32 Å². The van der Waals surface area contributed by atoms with E-state index in [1.54, 1.807) is 55.6 Å². The van der Waals surface area contributed by atoms with Crippen molar-refractivity contribution in [1.29, 1.82) is 0 Å². The fourth-order valence-electron chi connectivity index (χ4n) is 2.83. The molecular weight excluding hydrogens is 507 g/mol. The second-order valence-corrected chi connectivity index (χ2v) is 8.48. The minimum atomic E-state index is -0.877. The Morgan fingerprint density at radius 3 is 2.70 bits per heavy atom. The molecule has 0 radical (unpaired) electrons. The van der Waals surface area contributed by atoms with Gasteiger partial charge < -0.3 is 14.5 Å². The Morgan fingerprint density at radius 2 is 1.94 bits per heavy atom. The van der Waals surface area contributed by atoms with Gasteiger partial charge in [-0.1, -0.05) is 34.8 Å². The molecular formula is C22H15Cl3N4O3S. The Hall–Kier alpha value is -2.91. The molecule has 0 bridgehead atoms. The van der Waals surface area contributed by atoms with Gasteiger partial charge in [0.05, 0.1) is 15.7 Å². The van der Waals surface area contributed by atoms with E-state index in [4.69, 9.17) is 56.2 Å². The standard InChI is InChI=1S/C22H15Cl3N4O3S/c1-11(31-17-7-5-13(23)10-15(17)25)20(30)29-22(33)27-16-9-12(4-6-14(16)24)21-28-19-18(32-21)3-2-8-26-19/h2-11H,1H3,(H2,27,29,30,33). The van der Waals surface area contributed by atoms with Crippen LogP contribution in [0.3, 0.4) is 0 Å². The summed E-state index contributed by atoms with van der Waals surface area (Å²) >= 11 is 23.5. The summed E-state index contributed by atoms with van der Waals surface area (Å²) in [7, 11) is 0. The van der Waals surface area contributed by atoms with Crippen molar-refractivity contribution in [3.05, 3.63) is 69.8 Å². The zero-order valence-corrected chi connectivity index (χ0v) is 20.0. The van der Waals surface area contributed by atoms with Crippen LogP contribution in [0.5, 0.6) is 5.75 Å². The zero-order valence-electron chi connectivity index (χ0n) is 16.9. The van der Waals surface area contributed by atoms with Crippen LogP contribution in [0.4, 0.5) is 5.69 Å². The molecule has 2 aromatic heterocycles. The van der Waals surface area contributed by atoms with Gasteiger partial charge in [-0.3, -0.25) is 10.1 Å². The lowest BCUT2D eigenvalue weighted by atomic mass is 10.2. The van der Waals surface area contributed by atoms with Crippen molar-refractivity contribution >= 4 is 75.0 Å². The van der Waals surface area contributed by atoms with E-state index >= 15 is 0 Å². The maximum absolute atomic E-state index is 12.5. The molecule has 0 spiro atoms. The van der Waals surface area contributed by atoms with E-state index in [2.05, 4.69) is 20.6 Å². The van der Waals surface area contributed by atoms with Crippen LogP contribution in [0.25, 0.3) is 22.7 Å². The van der Waals surface area contributed by atoms with Gasteiger partial charge in [0.25, 0.3) is 5.91 Å². The molecule has 7 nitrogen and oxygen atoms in total. The smallest absolute Gasteiger partial charge is 0.266 e. The molecule has 0 aliphatic rings. The summed E-state index contributed by atoms with van der Waals surface area (Å²) in [5.41, 5.74) is 2.18. The van der Waals surface area contributed by atoms with E-state index in [1.165, 1.54) is 6.07 Å². The summed E-state index contributed by atoms with van der Waals surface area (Å²) < 4.78 is 11.3. The Balaban J connectivity index is 1.43. The zero-order chi connectivity index (χ0) is 23.5. The number of benzene rings is 2. The number of anilines is 1. The van der Waals surface area contributed by atoms with Gasteiger partial charge >= 0.3 is 0 Å². The van der Waals surface area contributed by atoms with Gasteiger partial charge in [-0.25, -0.2) is 4.98 Å². The maximum atomic E-state index is 12.5. The molecule has 4 aromatic rings. The molecule has 0 saturated carbocycles. The van der Waals surface area contributed by atoms with Crippen LogP contribution in [-0.2, 0) is 4.79 Å². The van der Waals surface area contributed by atoms with Crippen molar-refractivity contribution in [2.45, 2.75) is 13.0 Å². The summed E-state index contributed by atoms with van der Waals surface area (Å²) in [6, 6.07) is 13.4. The number of rotatable bonds is 5. The first kappa shape index (κ1) is 23.3. The normalized spacial score (nSPS) is 11.8. The fraction of sp³-hybridized carbons (Fsp3) is 0.0909. The number of thiocarbonyl (C=S) groups is 1. The number of carbonyl (C=O) groups is 1. The number of carbonyl (C=O) groups excluding carboxylic acids is 1. The fourth-order valence-corrected chi connectivity index (χ4v) is 3.66. The summed E-state index contributed by atoms with van der Waals surface area (Å²) in [5.74, 6) is 0.224. The summed E-state index contributed by atoms with van der Waals surface area (Å²) in [4.78, 5) is 21.0. The van der Waals surface area contributed by atoms with Gasteiger partial charge in [-0.15, -0.1) is 0 Å². The SMILES string of the molecule is CC(Oc1ccc(Cl)cc1Cl)C(=O)NC(=S)Nc1cc(-c2nc3ncccc3o2)ccc1Cl. The molecule has 11 heteroatoms. The quantitative estimate of drug-likeness (QED) is 0.305. The third kappa shape index (κ3) is 5.54. The molecule has 2 heterocycles. The largest absolute Gasteiger partial charge is 0.479 e. The Labute approximate surface area is 209 Å². The van der Waals surface area contributed by atoms with Crippen LogP contribution in [-0.4, -0.2) is 27.1 Å². The predicted octanol–water partition coefficient (Wildman–Crippen LogP) is 6.13. The highest BCUT2D eigenvalue weighted by molar-refractivity contribution is 7.80. The number of aromatic nitrogens is 2. The van der Waals surface area contributed by atoms with Crippen molar-refractivity contribution in [1.82, 2.24) is 15.3 Å². The van der Waals surface area contributed by atoms with Gasteiger partial charge in [0.15, 0.2) is 22.4 Å². The highest BCUT2D eigenvalue weighted by Gasteiger charge is 2.18. The number of pyridine rings is 1. The van der Waals surface area contributed by atoms with E-state index in [1.807, 2.05) is 0 Å². The molecule has 1 unspecified atom stereocenters. The molecule has 0 aliphatic carbocycles. The van der Waals surface area contributed by atoms with Crippen LogP contribution < -0.4 is 15.4 Å². The van der Waals surface area contributed by atoms with Crippen LogP contribution in [0.15, 0.2) is 59.1 Å². The number of amides is 1. The number of halogens is 3. The highest BCUT2D eigenvalue weighted by Crippen LogP contribution is 2.30. The maximum Gasteiger partial charge on any atom is 0.266 e. The van der Waals surface area contributed by atoms with E-state index in [-0.39, 0.29) is 5.11 Å². The lowest BCUT2D eigenvalue weighted by Gasteiger charge is -2.17. The third-order valence-corrected chi connectivity index (χ3v) is 5.49. The first-order valence-corrected chi connectivity index (χ1v) is 11.1. The topological polar surface area (TPSA) is 89.3 Å². The Bertz CT molecular complexity index is 1330. The number of hydrogen-bond donors (Lipinski definition) is 2. The molecule has 33 heavy (non-hydrogen) atoms. The van der Waals surface area contributed by atoms with Crippen LogP contribution in [0, 0.1) is 0 Å². The van der Waals surface area contributed by atoms with E-state index in [0.29, 0.717) is 49.2 Å². The monoisotopic (exact) mass is 520 g/mol. The van der Waals surface area contributed by atoms with Crippen molar-refractivity contribution in [2.24, 2.45) is 0 Å². The number of oxazole rings is 1. The molecule has 0 aliphatic heterocycles. The van der Waals surface area contributed by atoms with Gasteiger partial charge in [-0.05, 0) is 67.7 Å². The lowest BCUT2D eigenvalue weighted by molar-refractivity contribution is -0.125. The number of nitrogens with one attached hydrogen (secondary N) is 2. The third-order valence-electron chi connectivity index (χ3n) is 4.43. The van der Waals surface area contributed by atoms with E-state index in [9.17, 15) is 4.79 Å². The van der Waals surface area contributed by atoms with E-state index in [0.717, 1.165) is 0 Å². The van der Waals surface area contributed by atoms with Crippen molar-refractivity contribution < 1.29 is 13.9 Å². The van der Waals surface area contributed by atoms with Crippen molar-refractivity contribution in [3.63, 3.8) is 0 Å². The summed E-state index contributed by atoms with van der Waals surface area (Å²) in [6.07, 6.45) is 0.758. The Morgan fingerprint density at radius 1 is 1.12 bits per heavy atom. The van der Waals surface area contributed by atoms with Crippen LogP contribution in [0.2, 0.25) is 15.1 Å². The Kier molecular flexibility index (Phi) is 6.99. The molecule has 168 valence electrons. The first-order valence-electron chi connectivity index (χ1n) is 9.55. The van der Waals surface area contributed by atoms with Gasteiger partial charge in [-0.2, -0.15) is 4.98 Å². The lowest BCUT2D eigenvalue weighted by Crippen LogP contribution is -2.42. The molecule has 4 rings (SSSR count).